The van der Waals surface area contributed by atoms with Gasteiger partial charge in [-0.15, -0.1) is 0 Å². The van der Waals surface area contributed by atoms with Gasteiger partial charge in [0.05, 0.1) is 24.4 Å². The summed E-state index contributed by atoms with van der Waals surface area (Å²) in [5.41, 5.74) is 1.76. The number of rotatable bonds is 3. The number of methoxy groups -OCH3 is 1. The number of hydrogen-bond donors (Lipinski definition) is 2. The summed E-state index contributed by atoms with van der Waals surface area (Å²) in [6.45, 7) is 2.79. The second-order valence-corrected chi connectivity index (χ2v) is 4.27. The fraction of sp³-hybridized carbons (Fsp3) is 0.462. The molecule has 0 spiro atoms. The molecule has 0 fully saturated rings. The van der Waals surface area contributed by atoms with Crippen LogP contribution in [0.25, 0.3) is 0 Å². The van der Waals surface area contributed by atoms with Gasteiger partial charge >= 0.3 is 0 Å². The van der Waals surface area contributed by atoms with Gasteiger partial charge in [0.15, 0.2) is 0 Å². The normalized spacial score (nSPS) is 18.7. The fourth-order valence-electron chi connectivity index (χ4n) is 2.05. The molecule has 1 atom stereocenters. The first-order valence-electron chi connectivity index (χ1n) is 5.97. The van der Waals surface area contributed by atoms with E-state index in [1.54, 1.807) is 7.11 Å². The van der Waals surface area contributed by atoms with Gasteiger partial charge in [-0.25, -0.2) is 0 Å². The van der Waals surface area contributed by atoms with Crippen molar-refractivity contribution in [1.82, 2.24) is 0 Å². The molecule has 1 unspecified atom stereocenters. The van der Waals surface area contributed by atoms with E-state index in [4.69, 9.17) is 4.74 Å². The number of hydrogen-bond acceptors (Lipinski definition) is 3. The molecular formula is C13H18N2O2. The average Bonchev–Trinajstić information content (AvgIpc) is 2.49. The lowest BCUT2D eigenvalue weighted by Gasteiger charge is -2.11. The van der Waals surface area contributed by atoms with Crippen molar-refractivity contribution in [2.75, 3.05) is 24.3 Å². The highest BCUT2D eigenvalue weighted by Gasteiger charge is 2.22. The number of fused-ring (bicyclic) bond motifs is 1. The van der Waals surface area contributed by atoms with Crippen LogP contribution >= 0.6 is 0 Å². The first kappa shape index (κ1) is 11.8. The molecule has 0 aromatic heterocycles. The topological polar surface area (TPSA) is 50.4 Å². The van der Waals surface area contributed by atoms with Crippen LogP contribution in [-0.4, -0.2) is 19.6 Å². The van der Waals surface area contributed by atoms with Crippen LogP contribution in [0.15, 0.2) is 18.2 Å². The summed E-state index contributed by atoms with van der Waals surface area (Å²) in [6, 6.07) is 5.66. The summed E-state index contributed by atoms with van der Waals surface area (Å²) in [6.07, 6.45) is 1.92. The van der Waals surface area contributed by atoms with Crippen molar-refractivity contribution in [2.45, 2.75) is 19.8 Å². The van der Waals surface area contributed by atoms with Gasteiger partial charge in [-0.2, -0.15) is 0 Å². The van der Waals surface area contributed by atoms with Crippen LogP contribution in [0.3, 0.4) is 0 Å². The van der Waals surface area contributed by atoms with Crippen LogP contribution in [0, 0.1) is 5.92 Å². The molecule has 1 aromatic carbocycles. The number of ether oxygens (including phenoxy) is 1. The van der Waals surface area contributed by atoms with Gasteiger partial charge in [-0.3, -0.25) is 4.79 Å². The van der Waals surface area contributed by atoms with E-state index in [0.717, 1.165) is 30.0 Å². The molecule has 4 nitrogen and oxygen atoms in total. The van der Waals surface area contributed by atoms with Crippen LogP contribution in [0.4, 0.5) is 11.4 Å². The predicted molar refractivity (Wildman–Crippen MR) is 68.5 cm³/mol. The molecule has 92 valence electrons. The number of nitrogens with one attached hydrogen (secondary N) is 2. The zero-order valence-corrected chi connectivity index (χ0v) is 10.2. The molecule has 1 aromatic rings. The molecule has 0 bridgehead atoms. The van der Waals surface area contributed by atoms with Gasteiger partial charge in [0.1, 0.15) is 5.75 Å². The van der Waals surface area contributed by atoms with Crippen molar-refractivity contribution < 1.29 is 9.53 Å². The minimum atomic E-state index is 0.0402. The smallest absolute Gasteiger partial charge is 0.229 e. The van der Waals surface area contributed by atoms with Crippen molar-refractivity contribution in [3.05, 3.63) is 18.2 Å². The molecular weight excluding hydrogens is 216 g/mol. The Morgan fingerprint density at radius 1 is 1.41 bits per heavy atom. The summed E-state index contributed by atoms with van der Waals surface area (Å²) in [7, 11) is 1.62. The standard InChI is InChI=1S/C13H18N2O2/c1-3-4-9-8-14-11-6-5-10(17-2)7-12(11)15-13(9)16/h5-7,9,14H,3-4,8H2,1-2H3,(H,15,16). The van der Waals surface area contributed by atoms with Gasteiger partial charge in [-0.1, -0.05) is 13.3 Å². The minimum absolute atomic E-state index is 0.0402. The predicted octanol–water partition coefficient (Wildman–Crippen LogP) is 2.48. The maximum atomic E-state index is 12.0. The van der Waals surface area contributed by atoms with Crippen LogP contribution < -0.4 is 15.4 Å². The quantitative estimate of drug-likeness (QED) is 0.844. The third-order valence-corrected chi connectivity index (χ3v) is 3.03. The second-order valence-electron chi connectivity index (χ2n) is 4.27. The van der Waals surface area contributed by atoms with E-state index in [9.17, 15) is 4.79 Å². The Kier molecular flexibility index (Phi) is 3.52. The molecule has 17 heavy (non-hydrogen) atoms. The van der Waals surface area contributed by atoms with Gasteiger partial charge < -0.3 is 15.4 Å². The molecule has 2 N–H and O–H groups in total. The lowest BCUT2D eigenvalue weighted by atomic mass is 10.0. The van der Waals surface area contributed by atoms with E-state index in [1.807, 2.05) is 18.2 Å². The van der Waals surface area contributed by atoms with Gasteiger partial charge in [0.2, 0.25) is 5.91 Å². The van der Waals surface area contributed by atoms with Gasteiger partial charge in [0, 0.05) is 12.6 Å². The number of carbonyl (C=O) groups is 1. The summed E-state index contributed by atoms with van der Waals surface area (Å²) in [5.74, 6) is 0.879. The summed E-state index contributed by atoms with van der Waals surface area (Å²) in [5, 5.41) is 6.25. The fourth-order valence-corrected chi connectivity index (χ4v) is 2.05. The van der Waals surface area contributed by atoms with Crippen LogP contribution in [-0.2, 0) is 4.79 Å². The van der Waals surface area contributed by atoms with Crippen LogP contribution in [0.5, 0.6) is 5.75 Å². The Hall–Kier alpha value is -1.71. The number of benzene rings is 1. The summed E-state index contributed by atoms with van der Waals surface area (Å²) < 4.78 is 5.15. The van der Waals surface area contributed by atoms with E-state index in [-0.39, 0.29) is 11.8 Å². The first-order valence-corrected chi connectivity index (χ1v) is 5.97. The van der Waals surface area contributed by atoms with E-state index >= 15 is 0 Å². The third-order valence-electron chi connectivity index (χ3n) is 3.03. The maximum absolute atomic E-state index is 12.0. The zero-order valence-electron chi connectivity index (χ0n) is 10.2. The first-order chi connectivity index (χ1) is 8.24. The summed E-state index contributed by atoms with van der Waals surface area (Å²) >= 11 is 0. The molecule has 1 amide bonds. The van der Waals surface area contributed by atoms with Crippen molar-refractivity contribution >= 4 is 17.3 Å². The number of amides is 1. The third kappa shape index (κ3) is 2.52. The highest BCUT2D eigenvalue weighted by Crippen LogP contribution is 2.30. The van der Waals surface area contributed by atoms with Crippen molar-refractivity contribution in [3.8, 4) is 5.75 Å². The SMILES string of the molecule is CCCC1CNc2ccc(OC)cc2NC1=O. The van der Waals surface area contributed by atoms with E-state index in [2.05, 4.69) is 17.6 Å². The molecule has 0 radical (unpaired) electrons. The van der Waals surface area contributed by atoms with Crippen molar-refractivity contribution in [2.24, 2.45) is 5.92 Å². The molecule has 0 saturated heterocycles. The molecule has 0 aliphatic carbocycles. The van der Waals surface area contributed by atoms with Crippen molar-refractivity contribution in [3.63, 3.8) is 0 Å². The van der Waals surface area contributed by atoms with Crippen LogP contribution in [0.1, 0.15) is 19.8 Å². The molecule has 2 rings (SSSR count). The molecule has 0 saturated carbocycles. The molecule has 1 heterocycles. The summed E-state index contributed by atoms with van der Waals surface area (Å²) in [4.78, 5) is 12.0. The monoisotopic (exact) mass is 234 g/mol. The molecule has 1 aliphatic rings. The van der Waals surface area contributed by atoms with E-state index in [0.29, 0.717) is 6.54 Å². The number of anilines is 2. The molecule has 1 aliphatic heterocycles. The second kappa shape index (κ2) is 5.08. The minimum Gasteiger partial charge on any atom is -0.497 e. The highest BCUT2D eigenvalue weighted by molar-refractivity contribution is 5.97. The van der Waals surface area contributed by atoms with Gasteiger partial charge in [0.25, 0.3) is 0 Å². The van der Waals surface area contributed by atoms with E-state index in [1.165, 1.54) is 0 Å². The Morgan fingerprint density at radius 3 is 2.94 bits per heavy atom. The largest absolute Gasteiger partial charge is 0.497 e. The van der Waals surface area contributed by atoms with Gasteiger partial charge in [-0.05, 0) is 18.6 Å². The van der Waals surface area contributed by atoms with Crippen LogP contribution in [0.2, 0.25) is 0 Å². The van der Waals surface area contributed by atoms with E-state index < -0.39 is 0 Å². The highest BCUT2D eigenvalue weighted by atomic mass is 16.5. The Labute approximate surface area is 101 Å². The lowest BCUT2D eigenvalue weighted by molar-refractivity contribution is -0.119. The Bertz CT molecular complexity index is 418. The zero-order chi connectivity index (χ0) is 12.3. The average molecular weight is 234 g/mol. The maximum Gasteiger partial charge on any atom is 0.229 e. The number of carbonyl (C=O) groups excluding carboxylic acids is 1. The Morgan fingerprint density at radius 2 is 2.24 bits per heavy atom. The lowest BCUT2D eigenvalue weighted by Crippen LogP contribution is -2.25. The Balaban J connectivity index is 2.22. The molecule has 4 heteroatoms. The van der Waals surface area contributed by atoms with Crippen molar-refractivity contribution in [1.29, 1.82) is 0 Å².